The molecule has 5 heteroatoms. The normalized spacial score (nSPS) is 14.3. The van der Waals surface area contributed by atoms with Crippen LogP contribution in [0.5, 0.6) is 0 Å². The molecule has 2 heterocycles. The Balaban J connectivity index is 1.62. The molecular weight excluding hydrogens is 346 g/mol. The van der Waals surface area contributed by atoms with Gasteiger partial charge in [0.1, 0.15) is 5.82 Å². The summed E-state index contributed by atoms with van der Waals surface area (Å²) in [6.07, 6.45) is 4.61. The second-order valence-corrected chi connectivity index (χ2v) is 6.75. The lowest BCUT2D eigenvalue weighted by atomic mass is 9.94. The average molecular weight is 364 g/mol. The molecule has 1 aromatic heterocycles. The van der Waals surface area contributed by atoms with E-state index in [9.17, 15) is 4.79 Å². The monoisotopic (exact) mass is 363 g/mol. The van der Waals surface area contributed by atoms with E-state index in [0.29, 0.717) is 16.4 Å². The van der Waals surface area contributed by atoms with Crippen molar-refractivity contribution in [1.29, 1.82) is 0 Å². The summed E-state index contributed by atoms with van der Waals surface area (Å²) in [5, 5.41) is 2.97. The van der Waals surface area contributed by atoms with Crippen molar-refractivity contribution in [3.8, 4) is 0 Å². The van der Waals surface area contributed by atoms with E-state index in [1.807, 2.05) is 0 Å². The molecule has 1 aliphatic rings. The van der Waals surface area contributed by atoms with Gasteiger partial charge in [0.05, 0.1) is 10.6 Å². The highest BCUT2D eigenvalue weighted by Gasteiger charge is 2.18. The fourth-order valence-electron chi connectivity index (χ4n) is 3.41. The smallest absolute Gasteiger partial charge is 0.250 e. The van der Waals surface area contributed by atoms with Crippen molar-refractivity contribution in [3.05, 3.63) is 77.0 Å². The lowest BCUT2D eigenvalue weighted by molar-refractivity contribution is 0.1000. The minimum Gasteiger partial charge on any atom is -0.366 e. The Labute approximate surface area is 156 Å². The number of carbonyl (C=O) groups is 1. The highest BCUT2D eigenvalue weighted by Crippen LogP contribution is 2.32. The SMILES string of the molecule is NC(=O)c1cnc(N2CC=C(c3cccc4ccccc34)CC2)c(Cl)c1. The minimum atomic E-state index is -0.525. The molecule has 4 nitrogen and oxygen atoms in total. The molecule has 0 saturated heterocycles. The molecule has 2 aromatic carbocycles. The Kier molecular flexibility index (Phi) is 4.35. The highest BCUT2D eigenvalue weighted by atomic mass is 35.5. The predicted molar refractivity (Wildman–Crippen MR) is 107 cm³/mol. The van der Waals surface area contributed by atoms with Gasteiger partial charge < -0.3 is 10.6 Å². The van der Waals surface area contributed by atoms with E-state index in [1.54, 1.807) is 6.07 Å². The van der Waals surface area contributed by atoms with E-state index in [4.69, 9.17) is 17.3 Å². The number of pyridine rings is 1. The van der Waals surface area contributed by atoms with Gasteiger partial charge in [-0.05, 0) is 34.4 Å². The van der Waals surface area contributed by atoms with Crippen LogP contribution in [0.15, 0.2) is 60.8 Å². The maximum atomic E-state index is 11.2. The first-order valence-electron chi connectivity index (χ1n) is 8.51. The van der Waals surface area contributed by atoms with Gasteiger partial charge in [-0.2, -0.15) is 0 Å². The molecular formula is C21H18ClN3O. The zero-order valence-corrected chi connectivity index (χ0v) is 14.9. The standard InChI is InChI=1S/C21H18ClN3O/c22-19-12-16(20(23)26)13-24-21(19)25-10-8-15(9-11-25)18-7-3-5-14-4-1-2-6-17(14)18/h1-8,12-13H,9-11H2,(H2,23,26). The second kappa shape index (κ2) is 6.81. The number of carbonyl (C=O) groups excluding carboxylic acids is 1. The van der Waals surface area contributed by atoms with Crippen LogP contribution in [0, 0.1) is 0 Å². The molecule has 1 aliphatic heterocycles. The Morgan fingerprint density at radius 2 is 1.96 bits per heavy atom. The largest absolute Gasteiger partial charge is 0.366 e. The van der Waals surface area contributed by atoms with Crippen LogP contribution in [0.4, 0.5) is 5.82 Å². The van der Waals surface area contributed by atoms with Crippen LogP contribution in [-0.2, 0) is 0 Å². The molecule has 0 bridgehead atoms. The summed E-state index contributed by atoms with van der Waals surface area (Å²) in [5.41, 5.74) is 8.22. The first kappa shape index (κ1) is 16.6. The van der Waals surface area contributed by atoms with Crippen molar-refractivity contribution >= 4 is 39.7 Å². The summed E-state index contributed by atoms with van der Waals surface area (Å²) in [4.78, 5) is 17.7. The number of amides is 1. The number of aromatic nitrogens is 1. The molecule has 2 N–H and O–H groups in total. The Morgan fingerprint density at radius 3 is 2.69 bits per heavy atom. The predicted octanol–water partition coefficient (Wildman–Crippen LogP) is 4.28. The number of hydrogen-bond acceptors (Lipinski definition) is 3. The average Bonchev–Trinajstić information content (AvgIpc) is 2.67. The molecule has 1 amide bonds. The minimum absolute atomic E-state index is 0.322. The van der Waals surface area contributed by atoms with Crippen LogP contribution in [0.1, 0.15) is 22.3 Å². The van der Waals surface area contributed by atoms with Crippen LogP contribution >= 0.6 is 11.6 Å². The van der Waals surface area contributed by atoms with Crippen LogP contribution in [-0.4, -0.2) is 24.0 Å². The van der Waals surface area contributed by atoms with E-state index < -0.39 is 5.91 Å². The summed E-state index contributed by atoms with van der Waals surface area (Å²) in [6.45, 7) is 1.54. The lowest BCUT2D eigenvalue weighted by Gasteiger charge is -2.28. The number of hydrogen-bond donors (Lipinski definition) is 1. The van der Waals surface area contributed by atoms with Gasteiger partial charge in [-0.25, -0.2) is 4.98 Å². The van der Waals surface area contributed by atoms with Gasteiger partial charge in [0.15, 0.2) is 0 Å². The summed E-state index contributed by atoms with van der Waals surface area (Å²) in [6, 6.07) is 16.4. The van der Waals surface area contributed by atoms with Gasteiger partial charge in [-0.15, -0.1) is 0 Å². The quantitative estimate of drug-likeness (QED) is 0.755. The van der Waals surface area contributed by atoms with E-state index in [2.05, 4.69) is 58.4 Å². The third-order valence-electron chi connectivity index (χ3n) is 4.75. The molecule has 0 fully saturated rings. The summed E-state index contributed by atoms with van der Waals surface area (Å²) >= 11 is 6.31. The Hall–Kier alpha value is -2.85. The van der Waals surface area contributed by atoms with Gasteiger partial charge in [0, 0.05) is 19.3 Å². The fourth-order valence-corrected chi connectivity index (χ4v) is 3.70. The van der Waals surface area contributed by atoms with Crippen LogP contribution in [0.2, 0.25) is 5.02 Å². The van der Waals surface area contributed by atoms with E-state index in [-0.39, 0.29) is 0 Å². The molecule has 0 saturated carbocycles. The molecule has 0 spiro atoms. The number of nitrogens with zero attached hydrogens (tertiary/aromatic N) is 2. The van der Waals surface area contributed by atoms with Gasteiger partial charge in [0.25, 0.3) is 0 Å². The molecule has 0 atom stereocenters. The molecule has 3 aromatic rings. The first-order valence-corrected chi connectivity index (χ1v) is 8.89. The molecule has 0 aliphatic carbocycles. The van der Waals surface area contributed by atoms with Crippen molar-refractivity contribution < 1.29 is 4.79 Å². The molecule has 4 rings (SSSR count). The summed E-state index contributed by atoms with van der Waals surface area (Å²) in [5.74, 6) is 0.160. The number of fused-ring (bicyclic) bond motifs is 1. The van der Waals surface area contributed by atoms with Crippen molar-refractivity contribution in [2.45, 2.75) is 6.42 Å². The van der Waals surface area contributed by atoms with Crippen molar-refractivity contribution in [3.63, 3.8) is 0 Å². The van der Waals surface area contributed by atoms with E-state index in [1.165, 1.54) is 28.1 Å². The van der Waals surface area contributed by atoms with E-state index in [0.717, 1.165) is 19.5 Å². The first-order chi connectivity index (χ1) is 12.6. The number of nitrogens with two attached hydrogens (primary N) is 1. The number of primary amides is 1. The topological polar surface area (TPSA) is 59.2 Å². The van der Waals surface area contributed by atoms with Crippen LogP contribution in [0.25, 0.3) is 16.3 Å². The zero-order chi connectivity index (χ0) is 18.1. The number of rotatable bonds is 3. The third kappa shape index (κ3) is 3.04. The maximum absolute atomic E-state index is 11.2. The van der Waals surface area contributed by atoms with Gasteiger partial charge in [-0.3, -0.25) is 4.79 Å². The number of anilines is 1. The number of halogens is 1. The maximum Gasteiger partial charge on any atom is 0.250 e. The van der Waals surface area contributed by atoms with Crippen molar-refractivity contribution in [2.24, 2.45) is 5.73 Å². The third-order valence-corrected chi connectivity index (χ3v) is 5.03. The zero-order valence-electron chi connectivity index (χ0n) is 14.2. The summed E-state index contributed by atoms with van der Waals surface area (Å²) < 4.78 is 0. The van der Waals surface area contributed by atoms with Crippen molar-refractivity contribution in [2.75, 3.05) is 18.0 Å². The Bertz CT molecular complexity index is 1020. The summed E-state index contributed by atoms with van der Waals surface area (Å²) in [7, 11) is 0. The van der Waals surface area contributed by atoms with Crippen LogP contribution < -0.4 is 10.6 Å². The lowest BCUT2D eigenvalue weighted by Crippen LogP contribution is -2.29. The fraction of sp³-hybridized carbons (Fsp3) is 0.143. The van der Waals surface area contributed by atoms with Crippen molar-refractivity contribution in [1.82, 2.24) is 4.98 Å². The van der Waals surface area contributed by atoms with Gasteiger partial charge in [-0.1, -0.05) is 60.1 Å². The number of benzene rings is 2. The van der Waals surface area contributed by atoms with E-state index >= 15 is 0 Å². The second-order valence-electron chi connectivity index (χ2n) is 6.35. The molecule has 130 valence electrons. The Morgan fingerprint density at radius 1 is 1.15 bits per heavy atom. The molecule has 0 unspecified atom stereocenters. The van der Waals surface area contributed by atoms with Gasteiger partial charge in [0.2, 0.25) is 5.91 Å². The molecule has 0 radical (unpaired) electrons. The van der Waals surface area contributed by atoms with Crippen LogP contribution in [0.3, 0.4) is 0 Å². The van der Waals surface area contributed by atoms with Gasteiger partial charge >= 0.3 is 0 Å². The molecule has 26 heavy (non-hydrogen) atoms. The highest BCUT2D eigenvalue weighted by molar-refractivity contribution is 6.33.